The summed E-state index contributed by atoms with van der Waals surface area (Å²) in [6.45, 7) is 11.3. The number of anilines is 1. The molecular weight excluding hydrogens is 520 g/mol. The van der Waals surface area contributed by atoms with Crippen molar-refractivity contribution in [1.29, 1.82) is 0 Å². The van der Waals surface area contributed by atoms with E-state index in [4.69, 9.17) is 10.5 Å². The number of nitrogens with one attached hydrogen (secondary N) is 3. The number of rotatable bonds is 13. The Morgan fingerprint density at radius 1 is 0.756 bits per heavy atom. The molecule has 9 nitrogen and oxygen atoms in total. The Hall–Kier alpha value is -3.72. The van der Waals surface area contributed by atoms with Gasteiger partial charge in [-0.15, -0.1) is 0 Å². The van der Waals surface area contributed by atoms with Crippen molar-refractivity contribution < 1.29 is 23.9 Å². The van der Waals surface area contributed by atoms with Crippen LogP contribution in [0, 0.1) is 10.8 Å². The van der Waals surface area contributed by atoms with Crippen LogP contribution in [0.3, 0.4) is 0 Å². The lowest BCUT2D eigenvalue weighted by molar-refractivity contribution is -0.154. The molecule has 224 valence electrons. The van der Waals surface area contributed by atoms with Crippen LogP contribution in [0.1, 0.15) is 71.9 Å². The highest BCUT2D eigenvalue weighted by atomic mass is 16.5. The van der Waals surface area contributed by atoms with Crippen LogP contribution in [0.25, 0.3) is 0 Å². The fraction of sp³-hybridized carbons (Fsp3) is 0.500. The highest BCUT2D eigenvalue weighted by molar-refractivity contribution is 5.98. The first-order valence-electron chi connectivity index (χ1n) is 14.1. The summed E-state index contributed by atoms with van der Waals surface area (Å²) in [5, 5.41) is 8.59. The Kier molecular flexibility index (Phi) is 12.5. The van der Waals surface area contributed by atoms with Gasteiger partial charge in [-0.3, -0.25) is 19.2 Å². The molecule has 0 bridgehead atoms. The second-order valence-corrected chi connectivity index (χ2v) is 12.3. The summed E-state index contributed by atoms with van der Waals surface area (Å²) in [6.07, 6.45) is 2.02. The minimum atomic E-state index is -0.857. The summed E-state index contributed by atoms with van der Waals surface area (Å²) in [5.74, 6) is -1.36. The molecule has 0 fully saturated rings. The highest BCUT2D eigenvalue weighted by Gasteiger charge is 2.30. The summed E-state index contributed by atoms with van der Waals surface area (Å²) in [7, 11) is 0. The van der Waals surface area contributed by atoms with Crippen molar-refractivity contribution in [3.05, 3.63) is 65.7 Å². The number of nitrogens with two attached hydrogens (primary N) is 1. The number of carbonyl (C=O) groups excluding carboxylic acids is 4. The maximum atomic E-state index is 13.5. The van der Waals surface area contributed by atoms with E-state index in [9.17, 15) is 19.2 Å². The Balaban J connectivity index is 2.14. The van der Waals surface area contributed by atoms with E-state index < -0.39 is 28.8 Å². The molecule has 0 spiro atoms. The van der Waals surface area contributed by atoms with E-state index in [1.807, 2.05) is 30.3 Å². The second kappa shape index (κ2) is 15.3. The summed E-state index contributed by atoms with van der Waals surface area (Å²) < 4.78 is 5.35. The average molecular weight is 567 g/mol. The molecule has 2 atom stereocenters. The highest BCUT2D eigenvalue weighted by Crippen LogP contribution is 2.18. The molecule has 0 saturated carbocycles. The molecule has 0 aliphatic carbocycles. The van der Waals surface area contributed by atoms with Crippen molar-refractivity contribution in [3.8, 4) is 0 Å². The van der Waals surface area contributed by atoms with Gasteiger partial charge < -0.3 is 26.4 Å². The Morgan fingerprint density at radius 3 is 1.95 bits per heavy atom. The van der Waals surface area contributed by atoms with E-state index in [0.717, 1.165) is 11.1 Å². The predicted octanol–water partition coefficient (Wildman–Crippen LogP) is 4.10. The van der Waals surface area contributed by atoms with Gasteiger partial charge in [0.2, 0.25) is 17.7 Å². The van der Waals surface area contributed by atoms with Gasteiger partial charge in [0.25, 0.3) is 0 Å². The lowest BCUT2D eigenvalue weighted by atomic mass is 9.94. The molecule has 0 aromatic heterocycles. The molecule has 2 unspecified atom stereocenters. The number of hydrogen-bond donors (Lipinski definition) is 4. The molecule has 0 aliphatic heterocycles. The largest absolute Gasteiger partial charge is 0.460 e. The predicted molar refractivity (Wildman–Crippen MR) is 161 cm³/mol. The molecule has 9 heteroatoms. The number of amides is 3. The fourth-order valence-corrected chi connectivity index (χ4v) is 3.75. The molecule has 0 radical (unpaired) electrons. The lowest BCUT2D eigenvalue weighted by Crippen LogP contribution is -2.55. The zero-order valence-corrected chi connectivity index (χ0v) is 25.2. The van der Waals surface area contributed by atoms with Crippen molar-refractivity contribution >= 4 is 29.4 Å². The Bertz CT molecular complexity index is 1150. The summed E-state index contributed by atoms with van der Waals surface area (Å²) >= 11 is 0. The Labute approximate surface area is 244 Å². The number of carbonyl (C=O) groups is 4. The normalized spacial score (nSPS) is 13.0. The van der Waals surface area contributed by atoms with Crippen LogP contribution >= 0.6 is 0 Å². The second-order valence-electron chi connectivity index (χ2n) is 12.3. The van der Waals surface area contributed by atoms with Crippen LogP contribution in [-0.4, -0.2) is 42.3 Å². The first-order valence-corrected chi connectivity index (χ1v) is 14.1. The van der Waals surface area contributed by atoms with Crippen LogP contribution in [0.2, 0.25) is 0 Å². The molecule has 41 heavy (non-hydrogen) atoms. The maximum Gasteiger partial charge on any atom is 0.311 e. The van der Waals surface area contributed by atoms with Gasteiger partial charge in [0, 0.05) is 17.5 Å². The van der Waals surface area contributed by atoms with Gasteiger partial charge in [-0.1, -0.05) is 63.2 Å². The number of benzene rings is 2. The van der Waals surface area contributed by atoms with Gasteiger partial charge in [0.15, 0.2) is 0 Å². The zero-order chi connectivity index (χ0) is 30.6. The molecule has 0 aliphatic rings. The van der Waals surface area contributed by atoms with Crippen LogP contribution < -0.4 is 21.7 Å². The van der Waals surface area contributed by atoms with Crippen molar-refractivity contribution in [1.82, 2.24) is 10.6 Å². The minimum Gasteiger partial charge on any atom is -0.460 e. The zero-order valence-electron chi connectivity index (χ0n) is 25.2. The van der Waals surface area contributed by atoms with Crippen molar-refractivity contribution in [2.24, 2.45) is 16.6 Å². The van der Waals surface area contributed by atoms with Crippen molar-refractivity contribution in [2.45, 2.75) is 85.9 Å². The third-order valence-corrected chi connectivity index (χ3v) is 6.37. The van der Waals surface area contributed by atoms with E-state index in [1.54, 1.807) is 65.8 Å². The maximum absolute atomic E-state index is 13.5. The first-order chi connectivity index (χ1) is 19.2. The van der Waals surface area contributed by atoms with Crippen LogP contribution in [0.5, 0.6) is 0 Å². The monoisotopic (exact) mass is 566 g/mol. The smallest absolute Gasteiger partial charge is 0.311 e. The topological polar surface area (TPSA) is 140 Å². The molecule has 5 N–H and O–H groups in total. The summed E-state index contributed by atoms with van der Waals surface area (Å²) in [5.41, 5.74) is 6.59. The van der Waals surface area contributed by atoms with E-state index in [-0.39, 0.29) is 30.8 Å². The molecule has 0 heterocycles. The first kappa shape index (κ1) is 33.5. The number of ether oxygens (including phenoxy) is 1. The number of unbranched alkanes of at least 4 members (excludes halogenated alkanes) is 1. The van der Waals surface area contributed by atoms with Crippen molar-refractivity contribution in [3.63, 3.8) is 0 Å². The van der Waals surface area contributed by atoms with Gasteiger partial charge in [0.05, 0.1) is 5.41 Å². The fourth-order valence-electron chi connectivity index (χ4n) is 3.75. The molecule has 2 rings (SSSR count). The van der Waals surface area contributed by atoms with E-state index in [1.165, 1.54) is 0 Å². The van der Waals surface area contributed by atoms with E-state index in [0.29, 0.717) is 31.5 Å². The van der Waals surface area contributed by atoms with Gasteiger partial charge in [0.1, 0.15) is 18.7 Å². The van der Waals surface area contributed by atoms with Crippen LogP contribution in [-0.2, 0) is 36.9 Å². The van der Waals surface area contributed by atoms with Gasteiger partial charge in [-0.2, -0.15) is 0 Å². The summed E-state index contributed by atoms with van der Waals surface area (Å²) in [6, 6.07) is 14.7. The van der Waals surface area contributed by atoms with Crippen LogP contribution in [0.4, 0.5) is 5.69 Å². The lowest BCUT2D eigenvalue weighted by Gasteiger charge is -2.26. The standard InChI is InChI=1S/C32H46N4O5/c1-31(2,3)29(39)36-26(20-22-12-8-7-9-13-22)28(38)35-25(14-10-11-19-33)27(37)34-24-17-15-23(16-18-24)21-41-30(40)32(4,5)6/h7-9,12-13,15-18,25-26H,10-11,14,19-21,33H2,1-6H3,(H,34,37)(H,35,38)(H,36,39). The SMILES string of the molecule is CC(C)(C)C(=O)NC(Cc1ccccc1)C(=O)NC(CCCCN)C(=O)Nc1ccc(COC(=O)C(C)(C)C)cc1. The van der Waals surface area contributed by atoms with Crippen LogP contribution in [0.15, 0.2) is 54.6 Å². The van der Waals surface area contributed by atoms with E-state index >= 15 is 0 Å². The van der Waals surface area contributed by atoms with Gasteiger partial charge >= 0.3 is 5.97 Å². The molecule has 2 aromatic rings. The molecule has 2 aromatic carbocycles. The average Bonchev–Trinajstić information content (AvgIpc) is 2.91. The number of hydrogen-bond acceptors (Lipinski definition) is 6. The minimum absolute atomic E-state index is 0.130. The van der Waals surface area contributed by atoms with Crippen molar-refractivity contribution in [2.75, 3.05) is 11.9 Å². The van der Waals surface area contributed by atoms with Gasteiger partial charge in [-0.05, 0) is 69.8 Å². The quantitative estimate of drug-likeness (QED) is 0.213. The number of esters is 1. The Morgan fingerprint density at radius 2 is 1.39 bits per heavy atom. The molecule has 0 saturated heterocycles. The van der Waals surface area contributed by atoms with Gasteiger partial charge in [-0.25, -0.2) is 0 Å². The third-order valence-electron chi connectivity index (χ3n) is 6.37. The molecular formula is C32H46N4O5. The van der Waals surface area contributed by atoms with E-state index in [2.05, 4.69) is 16.0 Å². The molecule has 3 amide bonds. The third kappa shape index (κ3) is 11.7. The summed E-state index contributed by atoms with van der Waals surface area (Å²) in [4.78, 5) is 51.6.